The van der Waals surface area contributed by atoms with Gasteiger partial charge in [-0.25, -0.2) is 48.9 Å². The largest absolute Gasteiger partial charge is 0.495 e. The number of carbonyl (C=O) groups is 4. The Hall–Kier alpha value is -13.2. The number of imidazole rings is 4. The minimum Gasteiger partial charge on any atom is -0.495 e. The van der Waals surface area contributed by atoms with E-state index in [2.05, 4.69) is 72.0 Å². The molecule has 12 aromatic heterocycles. The maximum Gasteiger partial charge on any atom is 0.417 e. The second-order valence-electron chi connectivity index (χ2n) is 31.1. The Bertz CT molecular complexity index is 6760. The Kier molecular flexibility index (Phi) is 22.5. The molecule has 4 fully saturated rings. The molecule has 1 aliphatic heterocycles. The van der Waals surface area contributed by atoms with Gasteiger partial charge in [-0.1, -0.05) is 63.9 Å². The van der Waals surface area contributed by atoms with Crippen molar-refractivity contribution in [1.29, 1.82) is 0 Å². The number of nitrogens with zero attached hydrogens (tertiary/aromatic N) is 15. The Morgan fingerprint density at radius 2 is 0.992 bits per heavy atom. The van der Waals surface area contributed by atoms with Gasteiger partial charge in [-0.05, 0) is 157 Å². The highest BCUT2D eigenvalue weighted by Gasteiger charge is 2.38. The molecule has 0 spiro atoms. The third kappa shape index (κ3) is 15.8. The fraction of sp³-hybridized carbons (Fsp3) is 0.318. The molecule has 4 aliphatic rings. The number of carboxylic acid groups (broad SMARTS) is 4. The molecule has 0 unspecified atom stereocenters. The van der Waals surface area contributed by atoms with E-state index in [1.807, 2.05) is 88.8 Å². The van der Waals surface area contributed by atoms with E-state index in [9.17, 15) is 52.8 Å². The fourth-order valence-electron chi connectivity index (χ4n) is 17.6. The summed E-state index contributed by atoms with van der Waals surface area (Å²) in [5.74, 6) is 1.96. The summed E-state index contributed by atoms with van der Waals surface area (Å²) in [4.78, 5) is 94.5. The number of fused-ring (bicyclic) bond motifs is 8. The van der Waals surface area contributed by atoms with Gasteiger partial charge in [-0.15, -0.1) is 11.3 Å². The number of rotatable bonds is 15. The maximum atomic E-state index is 13.5. The van der Waals surface area contributed by atoms with Crippen molar-refractivity contribution in [2.75, 3.05) is 54.6 Å². The minimum absolute atomic E-state index is 0.0266. The molecule has 16 aromatic rings. The molecule has 4 aromatic carbocycles. The van der Waals surface area contributed by atoms with Crippen molar-refractivity contribution in [3.63, 3.8) is 0 Å². The van der Waals surface area contributed by atoms with Gasteiger partial charge in [0.15, 0.2) is 11.6 Å². The first-order chi connectivity index (χ1) is 59.3. The smallest absolute Gasteiger partial charge is 0.417 e. The van der Waals surface area contributed by atoms with Gasteiger partial charge in [0.2, 0.25) is 5.95 Å². The predicted octanol–water partition coefficient (Wildman–Crippen LogP) is 16.6. The number of aromatic nitrogens is 17. The van der Waals surface area contributed by atoms with Crippen LogP contribution >= 0.6 is 38.9 Å². The van der Waals surface area contributed by atoms with Crippen LogP contribution in [0.3, 0.4) is 0 Å². The summed E-state index contributed by atoms with van der Waals surface area (Å²) in [6.45, 7) is 3.79. The molecule has 634 valence electrons. The molecular formula is C85H83BrClF3N22O10S. The number of nitrogen functional groups attached to an aromatic ring is 4. The second-order valence-corrected chi connectivity index (χ2v) is 33.4. The number of H-pyrrole nitrogens is 3. The first-order valence-corrected chi connectivity index (χ1v) is 42.2. The van der Waals surface area contributed by atoms with Gasteiger partial charge in [0.05, 0.1) is 86.5 Å². The van der Waals surface area contributed by atoms with Crippen molar-refractivity contribution in [1.82, 2.24) is 82.9 Å². The Labute approximate surface area is 714 Å². The number of piperidine rings is 1. The van der Waals surface area contributed by atoms with Gasteiger partial charge in [0.25, 0.3) is 0 Å². The molecule has 15 N–H and O–H groups in total. The van der Waals surface area contributed by atoms with Crippen molar-refractivity contribution >= 4 is 157 Å². The van der Waals surface area contributed by atoms with Gasteiger partial charge in [-0.2, -0.15) is 23.4 Å². The van der Waals surface area contributed by atoms with E-state index >= 15 is 0 Å². The van der Waals surface area contributed by atoms with Crippen molar-refractivity contribution in [2.24, 2.45) is 23.7 Å². The van der Waals surface area contributed by atoms with Gasteiger partial charge < -0.3 is 72.7 Å². The van der Waals surface area contributed by atoms with Crippen LogP contribution in [-0.4, -0.2) is 154 Å². The van der Waals surface area contributed by atoms with E-state index in [1.165, 1.54) is 18.7 Å². The summed E-state index contributed by atoms with van der Waals surface area (Å²) in [7, 11) is 1.63. The molecule has 32 nitrogen and oxygen atoms in total. The number of para-hydroxylation sites is 2. The molecular weight excluding hydrogens is 1690 g/mol. The topological polar surface area (TPSA) is 469 Å². The Morgan fingerprint density at radius 1 is 0.528 bits per heavy atom. The number of thiophene rings is 1. The lowest BCUT2D eigenvalue weighted by Crippen LogP contribution is -2.37. The Balaban J connectivity index is 0.000000116. The number of benzene rings is 4. The average Bonchev–Trinajstić information content (AvgIpc) is 1.61. The van der Waals surface area contributed by atoms with Crippen LogP contribution in [-0.2, 0) is 25.4 Å². The molecule has 3 aliphatic carbocycles. The minimum atomic E-state index is -4.46. The summed E-state index contributed by atoms with van der Waals surface area (Å²) >= 11 is 10.9. The molecule has 0 atom stereocenters. The number of hydrogen-bond acceptors (Lipinski definition) is 22. The lowest BCUT2D eigenvalue weighted by atomic mass is 9.81. The lowest BCUT2D eigenvalue weighted by Gasteiger charge is -2.30. The van der Waals surface area contributed by atoms with Gasteiger partial charge in [-0.3, -0.25) is 28.0 Å². The van der Waals surface area contributed by atoms with Crippen molar-refractivity contribution in [3.8, 4) is 56.2 Å². The van der Waals surface area contributed by atoms with Crippen molar-refractivity contribution in [3.05, 3.63) is 161 Å². The van der Waals surface area contributed by atoms with E-state index in [0.29, 0.717) is 156 Å². The summed E-state index contributed by atoms with van der Waals surface area (Å²) in [6, 6.07) is 27.3. The third-order valence-corrected chi connectivity index (χ3v) is 26.1. The molecule has 38 heteroatoms. The number of halogens is 5. The van der Waals surface area contributed by atoms with E-state index < -0.39 is 35.6 Å². The molecule has 20 rings (SSSR count). The number of anilines is 5. The number of carboxylic acids is 4. The molecule has 0 radical (unpaired) electrons. The molecule has 0 bridgehead atoms. The second kappa shape index (κ2) is 33.7. The first kappa shape index (κ1) is 82.2. The number of nitrogens with two attached hydrogens (primary N) is 4. The van der Waals surface area contributed by atoms with Crippen LogP contribution in [0.15, 0.2) is 133 Å². The van der Waals surface area contributed by atoms with Gasteiger partial charge >= 0.3 is 30.1 Å². The van der Waals surface area contributed by atoms with Crippen molar-refractivity contribution in [2.45, 2.75) is 121 Å². The number of aromatic amines is 3. The number of ether oxygens (including phenoxy) is 2. The number of hydrogen-bond donors (Lipinski definition) is 11. The zero-order chi connectivity index (χ0) is 86.0. The standard InChI is InChI=1S/C23H25N5O3.C21H21BrN6O3.C21H18F3N5O2S.C20H19ClN6O2/c1-2-31-17-5-3-4-15-12-16(26-18(15)17)19-20-21(24)25-10-11-28(20)22(27-19)13-6-8-14(9-7-13)23(29)30;1-31-15-7-6-13(22)12-8-14(26-16(12)15)17-18-19(23)24-9-25-28(18)20(27-17)10-2-4-11(5-3-10)21(29)30;22-21(23,24)13-3-1-2-12-8-14(32-17(12)13)15-16-18(25)26-9-27-29(16)19(28-15)10-4-6-11(7-5-10)20(30)31;21-13-3-1-2-12-10-14(24-15(12)13)16-17-18(22)23-6-9-27(17)20(25-16)26-7-4-11(5-8-26)19(28)29/h3-5,10-14,26H,2,6-9H2,1H3,(H2,24,25)(H,29,30);6-11,26H,2-5H2,1H3,(H,29,30)(H2,23,24,25);1-3,8-11H,4-7H2,(H,30,31)(H2,25,26,27);1-3,6,9-11,24H,4-5,7-8H2,(H2,22,23)(H,28,29). The predicted molar refractivity (Wildman–Crippen MR) is 463 cm³/mol. The van der Waals surface area contributed by atoms with Gasteiger partial charge in [0, 0.05) is 81.0 Å². The van der Waals surface area contributed by atoms with E-state index in [0.717, 1.165) is 138 Å². The molecule has 3 saturated carbocycles. The highest BCUT2D eigenvalue weighted by molar-refractivity contribution is 9.10. The number of alkyl halides is 3. The van der Waals surface area contributed by atoms with E-state index in [-0.39, 0.29) is 51.9 Å². The number of aliphatic carboxylic acids is 4. The zero-order valence-electron chi connectivity index (χ0n) is 66.2. The molecule has 13 heterocycles. The van der Waals surface area contributed by atoms with E-state index in [1.54, 1.807) is 40.7 Å². The molecule has 123 heavy (non-hydrogen) atoms. The zero-order valence-corrected chi connectivity index (χ0v) is 69.4. The molecule has 0 amide bonds. The van der Waals surface area contributed by atoms with Crippen LogP contribution in [0.5, 0.6) is 11.5 Å². The normalized spacial score (nSPS) is 18.4. The van der Waals surface area contributed by atoms with Gasteiger partial charge in [0.1, 0.15) is 98.1 Å². The number of methoxy groups -OCH3 is 1. The summed E-state index contributed by atoms with van der Waals surface area (Å²) in [5.41, 5.74) is 34.3. The van der Waals surface area contributed by atoms with Crippen LogP contribution in [0.1, 0.15) is 138 Å². The maximum absolute atomic E-state index is 13.5. The highest BCUT2D eigenvalue weighted by atomic mass is 79.9. The van der Waals surface area contributed by atoms with Crippen molar-refractivity contribution < 1.29 is 62.2 Å². The van der Waals surface area contributed by atoms with Crippen LogP contribution in [0.25, 0.3) is 110 Å². The van der Waals surface area contributed by atoms with Crippen LogP contribution in [0.2, 0.25) is 5.02 Å². The average molecular weight is 1780 g/mol. The quantitative estimate of drug-likeness (QED) is 0.0454. The SMILES string of the molecule is CCOc1cccc2cc(-c3nc(C4CCC(C(=O)O)CC4)n4ccnc(N)c34)[nH]c12.COc1ccc(Br)c2cc(-c3nc(C4CCC(C(=O)O)CC4)n4ncnc(N)c34)[nH]c12.Nc1nccn2c(N3CCC(C(=O)O)CC3)nc(-c3cc4cccc(Cl)c4[nH]3)c12.Nc1ncnn2c(C3CCC(C(=O)O)CC3)nc(-c3cc4cccc(C(F)(F)F)c4s3)c12. The fourth-order valence-corrected chi connectivity index (χ4v) is 19.5. The summed E-state index contributed by atoms with van der Waals surface area (Å²) in [5, 5.41) is 50.0. The number of nitrogens with one attached hydrogen (secondary N) is 3. The summed E-state index contributed by atoms with van der Waals surface area (Å²) < 4.78 is 60.1. The first-order valence-electron chi connectivity index (χ1n) is 40.2. The molecule has 1 saturated heterocycles. The van der Waals surface area contributed by atoms with Crippen LogP contribution < -0.4 is 37.3 Å². The lowest BCUT2D eigenvalue weighted by molar-refractivity contribution is -0.143. The third-order valence-electron chi connectivity index (χ3n) is 23.9. The van der Waals surface area contributed by atoms with Crippen LogP contribution in [0.4, 0.5) is 42.4 Å². The summed E-state index contributed by atoms with van der Waals surface area (Å²) in [6.07, 6.45) is 14.4. The van der Waals surface area contributed by atoms with E-state index in [4.69, 9.17) is 63.9 Å². The Morgan fingerprint density at radius 3 is 1.55 bits per heavy atom. The van der Waals surface area contributed by atoms with Crippen LogP contribution in [0, 0.1) is 23.7 Å². The monoisotopic (exact) mass is 1770 g/mol. The highest BCUT2D eigenvalue weighted by Crippen LogP contribution is 2.48.